The number of nitrogens with one attached hydrogen (secondary N) is 1. The molecule has 4 rings (SSSR count). The van der Waals surface area contributed by atoms with Gasteiger partial charge in [-0.25, -0.2) is 0 Å². The summed E-state index contributed by atoms with van der Waals surface area (Å²) < 4.78 is 11.5. The second-order valence-corrected chi connectivity index (χ2v) is 6.68. The van der Waals surface area contributed by atoms with Gasteiger partial charge in [-0.1, -0.05) is 6.07 Å². The third-order valence-electron chi connectivity index (χ3n) is 5.09. The number of piperazine rings is 1. The number of anilines is 1. The summed E-state index contributed by atoms with van der Waals surface area (Å²) in [7, 11) is 1.69. The summed E-state index contributed by atoms with van der Waals surface area (Å²) in [6, 6.07) is 7.88. The predicted molar refractivity (Wildman–Crippen MR) is 104 cm³/mol. The van der Waals surface area contributed by atoms with E-state index >= 15 is 0 Å². The fourth-order valence-electron chi connectivity index (χ4n) is 3.60. The molecule has 1 N–H and O–H groups in total. The first-order valence-corrected chi connectivity index (χ1v) is 9.37. The van der Waals surface area contributed by atoms with Crippen molar-refractivity contribution in [2.24, 2.45) is 0 Å². The Bertz CT molecular complexity index is 845. The van der Waals surface area contributed by atoms with Crippen LogP contribution in [0.4, 0.5) is 5.69 Å². The zero-order chi connectivity index (χ0) is 18.6. The van der Waals surface area contributed by atoms with Crippen molar-refractivity contribution in [2.75, 3.05) is 63.3 Å². The average molecular weight is 371 g/mol. The molecule has 2 aliphatic rings. The summed E-state index contributed by atoms with van der Waals surface area (Å²) in [4.78, 5) is 18.3. The van der Waals surface area contributed by atoms with E-state index in [2.05, 4.69) is 26.4 Å². The molecule has 0 aliphatic carbocycles. The quantitative estimate of drug-likeness (QED) is 0.823. The molecule has 0 amide bonds. The first-order chi connectivity index (χ1) is 13.3. The normalized spacial score (nSPS) is 17.0. The van der Waals surface area contributed by atoms with E-state index in [1.165, 1.54) is 4.79 Å². The minimum absolute atomic E-state index is 0.0771. The van der Waals surface area contributed by atoms with Gasteiger partial charge in [0.15, 0.2) is 11.5 Å². The molecule has 0 atom stereocenters. The van der Waals surface area contributed by atoms with Crippen LogP contribution in [0.5, 0.6) is 11.5 Å². The summed E-state index contributed by atoms with van der Waals surface area (Å²) in [5.41, 5.74) is 4.59. The van der Waals surface area contributed by atoms with E-state index in [1.54, 1.807) is 19.3 Å². The molecule has 0 unspecified atom stereocenters. The Balaban J connectivity index is 1.35. The highest BCUT2D eigenvalue weighted by molar-refractivity contribution is 5.65. The Hall–Kier alpha value is -2.74. The average Bonchev–Trinajstić information content (AvgIpc) is 2.73. The number of hydrogen-bond acceptors (Lipinski definition) is 7. The second-order valence-electron chi connectivity index (χ2n) is 6.68. The fraction of sp³-hybridized carbons (Fsp3) is 0.474. The molecule has 8 nitrogen and oxygen atoms in total. The molecular formula is C19H25N5O3. The standard InChI is InChI=1S/C19H25N5O3/c1-20-24-19(25)15(5-7-21-24)6-8-22-9-11-23(12-10-22)16-3-2-4-17-18(16)27-14-13-26-17/h2-5,7,20H,6,8-14H2,1H3. The molecule has 1 fully saturated rings. The van der Waals surface area contributed by atoms with Gasteiger partial charge in [-0.15, -0.1) is 4.79 Å². The summed E-state index contributed by atoms with van der Waals surface area (Å²) in [5, 5.41) is 3.98. The lowest BCUT2D eigenvalue weighted by Gasteiger charge is -2.37. The maximum Gasteiger partial charge on any atom is 0.289 e. The van der Waals surface area contributed by atoms with E-state index in [4.69, 9.17) is 9.47 Å². The van der Waals surface area contributed by atoms with Crippen LogP contribution in [-0.4, -0.2) is 67.8 Å². The summed E-state index contributed by atoms with van der Waals surface area (Å²) in [5.74, 6) is 1.70. The number of ether oxygens (including phenoxy) is 2. The van der Waals surface area contributed by atoms with E-state index in [0.29, 0.717) is 13.2 Å². The number of aromatic nitrogens is 2. The molecule has 1 saturated heterocycles. The molecule has 8 heteroatoms. The minimum Gasteiger partial charge on any atom is -0.486 e. The zero-order valence-electron chi connectivity index (χ0n) is 15.6. The van der Waals surface area contributed by atoms with Crippen molar-refractivity contribution < 1.29 is 9.47 Å². The van der Waals surface area contributed by atoms with Gasteiger partial charge in [-0.2, -0.15) is 5.10 Å². The van der Waals surface area contributed by atoms with Crippen molar-refractivity contribution in [2.45, 2.75) is 6.42 Å². The topological polar surface area (TPSA) is 71.9 Å². The van der Waals surface area contributed by atoms with E-state index in [9.17, 15) is 4.79 Å². The van der Waals surface area contributed by atoms with Gasteiger partial charge in [0, 0.05) is 45.3 Å². The summed E-state index contributed by atoms with van der Waals surface area (Å²) in [6.07, 6.45) is 2.38. The molecule has 27 heavy (non-hydrogen) atoms. The maximum absolute atomic E-state index is 12.2. The van der Waals surface area contributed by atoms with Crippen molar-refractivity contribution in [3.8, 4) is 11.5 Å². The molecule has 2 aromatic rings. The first kappa shape index (κ1) is 17.7. The largest absolute Gasteiger partial charge is 0.486 e. The van der Waals surface area contributed by atoms with Crippen LogP contribution in [0.25, 0.3) is 0 Å². The van der Waals surface area contributed by atoms with Crippen molar-refractivity contribution in [3.63, 3.8) is 0 Å². The Labute approximate surface area is 158 Å². The van der Waals surface area contributed by atoms with Gasteiger partial charge in [0.1, 0.15) is 13.2 Å². The molecule has 0 spiro atoms. The summed E-state index contributed by atoms with van der Waals surface area (Å²) in [6.45, 7) is 5.83. The van der Waals surface area contributed by atoms with Gasteiger partial charge in [0.2, 0.25) is 0 Å². The van der Waals surface area contributed by atoms with Gasteiger partial charge >= 0.3 is 0 Å². The first-order valence-electron chi connectivity index (χ1n) is 9.37. The Morgan fingerprint density at radius 2 is 1.93 bits per heavy atom. The molecular weight excluding hydrogens is 346 g/mol. The lowest BCUT2D eigenvalue weighted by atomic mass is 10.2. The Morgan fingerprint density at radius 1 is 1.11 bits per heavy atom. The lowest BCUT2D eigenvalue weighted by Crippen LogP contribution is -2.47. The number of para-hydroxylation sites is 1. The summed E-state index contributed by atoms with van der Waals surface area (Å²) >= 11 is 0. The van der Waals surface area contributed by atoms with Crippen molar-refractivity contribution >= 4 is 5.69 Å². The van der Waals surface area contributed by atoms with Crippen molar-refractivity contribution in [3.05, 3.63) is 46.4 Å². The number of rotatable bonds is 5. The van der Waals surface area contributed by atoms with Gasteiger partial charge in [0.05, 0.1) is 11.9 Å². The molecule has 0 saturated carbocycles. The van der Waals surface area contributed by atoms with Crippen LogP contribution in [0.2, 0.25) is 0 Å². The smallest absolute Gasteiger partial charge is 0.289 e. The van der Waals surface area contributed by atoms with Crippen LogP contribution in [0, 0.1) is 0 Å². The van der Waals surface area contributed by atoms with E-state index in [1.807, 2.05) is 12.1 Å². The van der Waals surface area contributed by atoms with Crippen LogP contribution < -0.4 is 25.4 Å². The minimum atomic E-state index is -0.0771. The molecule has 2 aliphatic heterocycles. The number of nitrogens with zero attached hydrogens (tertiary/aromatic N) is 4. The number of benzene rings is 1. The van der Waals surface area contributed by atoms with Crippen LogP contribution in [0.15, 0.2) is 35.3 Å². The van der Waals surface area contributed by atoms with Gasteiger partial charge in [-0.3, -0.25) is 9.69 Å². The molecule has 1 aromatic heterocycles. The molecule has 0 radical (unpaired) electrons. The van der Waals surface area contributed by atoms with Crippen LogP contribution >= 0.6 is 0 Å². The molecule has 3 heterocycles. The monoisotopic (exact) mass is 371 g/mol. The van der Waals surface area contributed by atoms with Gasteiger partial charge < -0.3 is 19.8 Å². The Kier molecular flexibility index (Phi) is 5.15. The van der Waals surface area contributed by atoms with Gasteiger partial charge in [0.25, 0.3) is 5.56 Å². The van der Waals surface area contributed by atoms with Crippen molar-refractivity contribution in [1.29, 1.82) is 0 Å². The fourth-order valence-corrected chi connectivity index (χ4v) is 3.60. The van der Waals surface area contributed by atoms with Crippen LogP contribution in [0.1, 0.15) is 5.56 Å². The second kappa shape index (κ2) is 7.87. The highest BCUT2D eigenvalue weighted by Crippen LogP contribution is 2.39. The molecule has 144 valence electrons. The maximum atomic E-state index is 12.2. The Morgan fingerprint density at radius 3 is 2.74 bits per heavy atom. The highest BCUT2D eigenvalue weighted by atomic mass is 16.6. The van der Waals surface area contributed by atoms with Crippen LogP contribution in [-0.2, 0) is 6.42 Å². The third-order valence-corrected chi connectivity index (χ3v) is 5.09. The highest BCUT2D eigenvalue weighted by Gasteiger charge is 2.23. The molecule has 0 bridgehead atoms. The van der Waals surface area contributed by atoms with Crippen LogP contribution in [0.3, 0.4) is 0 Å². The lowest BCUT2D eigenvalue weighted by molar-refractivity contribution is 0.171. The number of hydrogen-bond donors (Lipinski definition) is 1. The van der Waals surface area contributed by atoms with E-state index < -0.39 is 0 Å². The molecule has 1 aromatic carbocycles. The number of fused-ring (bicyclic) bond motifs is 1. The SMILES string of the molecule is CNn1nccc(CCN2CCN(c3cccc4c3OCCO4)CC2)c1=O. The predicted octanol–water partition coefficient (Wildman–Crippen LogP) is 0.552. The third kappa shape index (κ3) is 3.71. The van der Waals surface area contributed by atoms with Crippen molar-refractivity contribution in [1.82, 2.24) is 14.8 Å². The van der Waals surface area contributed by atoms with Gasteiger partial charge in [-0.05, 0) is 24.6 Å². The zero-order valence-corrected chi connectivity index (χ0v) is 15.6. The van der Waals surface area contributed by atoms with E-state index in [-0.39, 0.29) is 5.56 Å². The van der Waals surface area contributed by atoms with E-state index in [0.717, 1.165) is 61.9 Å².